The van der Waals surface area contributed by atoms with E-state index in [0.717, 1.165) is 4.90 Å². The molecule has 1 heterocycles. The Bertz CT molecular complexity index is 1390. The van der Waals surface area contributed by atoms with E-state index in [1.54, 1.807) is 36.4 Å². The van der Waals surface area contributed by atoms with Crippen LogP contribution in [0.15, 0.2) is 101 Å². The molecule has 3 aromatic carbocycles. The highest BCUT2D eigenvalue weighted by Gasteiger charge is 2.43. The number of ether oxygens (including phenoxy) is 2. The van der Waals surface area contributed by atoms with Crippen LogP contribution >= 0.6 is 0 Å². The van der Waals surface area contributed by atoms with Crippen LogP contribution in [0.2, 0.25) is 0 Å². The summed E-state index contributed by atoms with van der Waals surface area (Å²) in [6, 6.07) is 20.9. The quantitative estimate of drug-likeness (QED) is 0.452. The number of carbonyl (C=O) groups is 1. The molecule has 1 aliphatic heterocycles. The van der Waals surface area contributed by atoms with Gasteiger partial charge in [0.25, 0.3) is 20.0 Å². The number of methoxy groups -OCH3 is 1. The Labute approximate surface area is 203 Å². The zero-order valence-electron chi connectivity index (χ0n) is 18.6. The number of hydrogen-bond donors (Lipinski definition) is 0. The average molecular weight is 515 g/mol. The first-order valence-electron chi connectivity index (χ1n) is 10.5. The highest BCUT2D eigenvalue weighted by molar-refractivity contribution is 8.04. The number of cyclic esters (lactones) is 1. The van der Waals surface area contributed by atoms with Gasteiger partial charge in [-0.3, -0.25) is 4.90 Å². The van der Waals surface area contributed by atoms with Crippen molar-refractivity contribution in [1.82, 2.24) is 8.61 Å². The predicted molar refractivity (Wildman–Crippen MR) is 128 cm³/mol. The predicted octanol–water partition coefficient (Wildman–Crippen LogP) is 3.53. The molecule has 11 heteroatoms. The zero-order valence-corrected chi connectivity index (χ0v) is 20.3. The molecule has 35 heavy (non-hydrogen) atoms. The molecule has 182 valence electrons. The van der Waals surface area contributed by atoms with Gasteiger partial charge in [-0.05, 0) is 36.4 Å². The fourth-order valence-corrected chi connectivity index (χ4v) is 7.24. The van der Waals surface area contributed by atoms with Crippen LogP contribution in [0.25, 0.3) is 6.08 Å². The molecule has 0 aromatic heterocycles. The molecule has 4 rings (SSSR count). The third kappa shape index (κ3) is 4.73. The summed E-state index contributed by atoms with van der Waals surface area (Å²) in [7, 11) is -8.01. The first kappa shape index (κ1) is 24.3. The third-order valence-corrected chi connectivity index (χ3v) is 9.33. The normalized spacial score (nSPS) is 14.5. The molecular weight excluding hydrogens is 492 g/mol. The Morgan fingerprint density at radius 1 is 0.857 bits per heavy atom. The summed E-state index contributed by atoms with van der Waals surface area (Å²) in [6.45, 7) is -0.0857. The van der Waals surface area contributed by atoms with Crippen LogP contribution in [0.4, 0.5) is 4.79 Å². The number of nitrogens with zero attached hydrogens (tertiary/aromatic N) is 2. The molecule has 0 radical (unpaired) electrons. The van der Waals surface area contributed by atoms with Gasteiger partial charge in [0.2, 0.25) is 0 Å². The first-order valence-corrected chi connectivity index (χ1v) is 13.3. The monoisotopic (exact) mass is 514 g/mol. The van der Waals surface area contributed by atoms with E-state index in [9.17, 15) is 21.6 Å². The van der Waals surface area contributed by atoms with Gasteiger partial charge in [-0.25, -0.2) is 4.79 Å². The van der Waals surface area contributed by atoms with Gasteiger partial charge in [0, 0.05) is 5.56 Å². The van der Waals surface area contributed by atoms with Crippen LogP contribution in [0.5, 0.6) is 5.75 Å². The molecule has 0 aliphatic carbocycles. The number of benzene rings is 3. The fraction of sp³-hybridized carbons (Fsp3) is 0.125. The molecule has 0 saturated carbocycles. The number of para-hydroxylation sites is 1. The molecule has 0 N–H and O–H groups in total. The van der Waals surface area contributed by atoms with Crippen LogP contribution < -0.4 is 4.74 Å². The Hall–Kier alpha value is -3.83. The maximum atomic E-state index is 13.9. The second kappa shape index (κ2) is 9.80. The molecule has 1 fully saturated rings. The molecule has 0 spiro atoms. The van der Waals surface area contributed by atoms with Crippen LogP contribution in [0, 0.1) is 0 Å². The van der Waals surface area contributed by atoms with E-state index in [-0.39, 0.29) is 26.7 Å². The number of hydrogen-bond acceptors (Lipinski definition) is 7. The van der Waals surface area contributed by atoms with Crippen molar-refractivity contribution in [2.45, 2.75) is 9.79 Å². The van der Waals surface area contributed by atoms with Crippen molar-refractivity contribution in [1.29, 1.82) is 0 Å². The Morgan fingerprint density at radius 3 is 1.86 bits per heavy atom. The summed E-state index contributed by atoms with van der Waals surface area (Å²) >= 11 is 0. The summed E-state index contributed by atoms with van der Waals surface area (Å²) in [5.41, 5.74) is 0.362. The average Bonchev–Trinajstić information content (AvgIpc) is 3.30. The van der Waals surface area contributed by atoms with Crippen molar-refractivity contribution < 1.29 is 31.1 Å². The van der Waals surface area contributed by atoms with Gasteiger partial charge in [-0.2, -0.15) is 16.8 Å². The summed E-state index contributed by atoms with van der Waals surface area (Å²) in [5.74, 6) is -0.0589. The van der Waals surface area contributed by atoms with Crippen LogP contribution in [0.1, 0.15) is 5.56 Å². The highest BCUT2D eigenvalue weighted by atomic mass is 32.3. The SMILES string of the molecule is COc1ccccc1/C=C(\N1CCOC1=O)N(S(=O)(=O)c1ccccc1)S(=O)(=O)c1ccccc1. The molecule has 3 aromatic rings. The van der Waals surface area contributed by atoms with Gasteiger partial charge in [-0.15, -0.1) is 3.71 Å². The number of rotatable bonds is 8. The lowest BCUT2D eigenvalue weighted by molar-refractivity contribution is 0.162. The van der Waals surface area contributed by atoms with Crippen molar-refractivity contribution >= 4 is 32.2 Å². The van der Waals surface area contributed by atoms with E-state index < -0.39 is 32.0 Å². The summed E-state index contributed by atoms with van der Waals surface area (Å²) in [4.78, 5) is 13.1. The fourth-order valence-electron chi connectivity index (χ4n) is 3.51. The van der Waals surface area contributed by atoms with Crippen molar-refractivity contribution in [2.75, 3.05) is 20.3 Å². The van der Waals surface area contributed by atoms with Crippen LogP contribution in [-0.4, -0.2) is 51.8 Å². The number of carbonyl (C=O) groups excluding carboxylic acids is 1. The van der Waals surface area contributed by atoms with Crippen LogP contribution in [-0.2, 0) is 24.8 Å². The minimum absolute atomic E-state index is 0.0350. The van der Waals surface area contributed by atoms with Crippen molar-refractivity contribution in [2.24, 2.45) is 0 Å². The maximum absolute atomic E-state index is 13.9. The van der Waals surface area contributed by atoms with Crippen molar-refractivity contribution in [3.63, 3.8) is 0 Å². The van der Waals surface area contributed by atoms with E-state index in [1.165, 1.54) is 61.7 Å². The molecule has 1 amide bonds. The molecule has 0 unspecified atom stereocenters. The second-order valence-electron chi connectivity index (χ2n) is 7.34. The second-order valence-corrected chi connectivity index (χ2v) is 11.1. The van der Waals surface area contributed by atoms with Gasteiger partial charge in [0.1, 0.15) is 18.2 Å². The van der Waals surface area contributed by atoms with E-state index in [4.69, 9.17) is 9.47 Å². The largest absolute Gasteiger partial charge is 0.496 e. The minimum atomic E-state index is -4.72. The van der Waals surface area contributed by atoms with Crippen LogP contribution in [0.3, 0.4) is 0 Å². The van der Waals surface area contributed by atoms with E-state index in [2.05, 4.69) is 0 Å². The lowest BCUT2D eigenvalue weighted by Gasteiger charge is -2.30. The Balaban J connectivity index is 2.04. The number of amides is 1. The summed E-state index contributed by atoms with van der Waals surface area (Å²) < 4.78 is 66.3. The topological polar surface area (TPSA) is 110 Å². The Morgan fingerprint density at radius 2 is 1.37 bits per heavy atom. The molecule has 1 saturated heterocycles. The zero-order chi connectivity index (χ0) is 25.1. The maximum Gasteiger partial charge on any atom is 0.415 e. The van der Waals surface area contributed by atoms with Gasteiger partial charge >= 0.3 is 6.09 Å². The third-order valence-electron chi connectivity index (χ3n) is 5.17. The molecular formula is C24H22N2O7S2. The first-order chi connectivity index (χ1) is 16.8. The van der Waals surface area contributed by atoms with E-state index in [1.807, 2.05) is 0 Å². The van der Waals surface area contributed by atoms with Crippen molar-refractivity contribution in [3.05, 3.63) is 96.3 Å². The van der Waals surface area contributed by atoms with Gasteiger partial charge < -0.3 is 9.47 Å². The number of sulfonamides is 2. The van der Waals surface area contributed by atoms with Gasteiger partial charge in [0.05, 0.1) is 23.4 Å². The standard InChI is InChI=1S/C24H22N2O7S2/c1-32-22-15-9-8-10-19(22)18-23(25-16-17-33-24(25)27)26(34(28,29)20-11-4-2-5-12-20)35(30,31)21-13-6-3-7-14-21/h2-15,18H,16-17H2,1H3/b23-18+. The molecule has 0 bridgehead atoms. The summed E-state index contributed by atoms with van der Waals surface area (Å²) in [5, 5.41) is 0. The molecule has 1 aliphatic rings. The summed E-state index contributed by atoms with van der Waals surface area (Å²) in [6.07, 6.45) is 0.412. The minimum Gasteiger partial charge on any atom is -0.496 e. The van der Waals surface area contributed by atoms with Gasteiger partial charge in [0.15, 0.2) is 0 Å². The van der Waals surface area contributed by atoms with E-state index >= 15 is 0 Å². The molecule has 0 atom stereocenters. The van der Waals surface area contributed by atoms with Gasteiger partial charge in [-0.1, -0.05) is 54.6 Å². The van der Waals surface area contributed by atoms with Crippen molar-refractivity contribution in [3.8, 4) is 5.75 Å². The highest BCUT2D eigenvalue weighted by Crippen LogP contribution is 2.34. The smallest absolute Gasteiger partial charge is 0.415 e. The lowest BCUT2D eigenvalue weighted by Crippen LogP contribution is -2.43. The Kier molecular flexibility index (Phi) is 6.81. The molecule has 9 nitrogen and oxygen atoms in total. The van der Waals surface area contributed by atoms with E-state index in [0.29, 0.717) is 11.3 Å². The lowest BCUT2D eigenvalue weighted by atomic mass is 10.2.